The molecule has 35 heavy (non-hydrogen) atoms. The van der Waals surface area contributed by atoms with Crippen molar-refractivity contribution in [2.45, 2.75) is 65.1 Å². The van der Waals surface area contributed by atoms with Gasteiger partial charge in [0.25, 0.3) is 5.91 Å². The van der Waals surface area contributed by atoms with Crippen LogP contribution in [0.4, 0.5) is 4.39 Å². The molecule has 0 unspecified atom stereocenters. The fraction of sp³-hybridized carbons (Fsp3) is 0.536. The molecule has 2 aromatic rings. The number of halogens is 1. The lowest BCUT2D eigenvalue weighted by atomic mass is 9.51. The summed E-state index contributed by atoms with van der Waals surface area (Å²) in [5.74, 6) is -1.31. The van der Waals surface area contributed by atoms with E-state index in [1.807, 2.05) is 19.1 Å². The Balaban J connectivity index is 1.43. The molecule has 7 heteroatoms. The predicted molar refractivity (Wildman–Crippen MR) is 132 cm³/mol. The number of aromatic nitrogens is 1. The molecule has 2 amide bonds. The fourth-order valence-electron chi connectivity index (χ4n) is 6.43. The Morgan fingerprint density at radius 1 is 1.23 bits per heavy atom. The highest BCUT2D eigenvalue weighted by Gasteiger charge is 2.53. The molecule has 1 aromatic heterocycles. The monoisotopic (exact) mass is 481 g/mol. The lowest BCUT2D eigenvalue weighted by Crippen LogP contribution is -2.58. The van der Waals surface area contributed by atoms with Gasteiger partial charge in [0.15, 0.2) is 0 Å². The van der Waals surface area contributed by atoms with Crippen LogP contribution in [0.3, 0.4) is 0 Å². The average molecular weight is 482 g/mol. The molecule has 0 aliphatic heterocycles. The maximum absolute atomic E-state index is 13.6. The van der Waals surface area contributed by atoms with Crippen LogP contribution in [0.1, 0.15) is 62.4 Å². The van der Waals surface area contributed by atoms with Crippen molar-refractivity contribution in [1.29, 1.82) is 0 Å². The number of nitrogens with zero attached hydrogens (tertiary/aromatic N) is 1. The van der Waals surface area contributed by atoms with Crippen LogP contribution in [0.25, 0.3) is 0 Å². The smallest absolute Gasteiger partial charge is 0.251 e. The number of carbonyl (C=O) groups is 2. The number of hydrogen-bond donors (Lipinski definition) is 3. The largest absolute Gasteiger partial charge is 0.392 e. The number of amides is 2. The lowest BCUT2D eigenvalue weighted by molar-refractivity contribution is -0.142. The SMILES string of the molecule is C[C@@H]1[C@@H]2[C@@H](O)[C@H]([C@H](C)C(=O)NCc3cccnc3)CC[C@]2(C)CC[C@@H]1NC(=O)c1cccc(F)c1. The summed E-state index contributed by atoms with van der Waals surface area (Å²) in [6.07, 6.45) is 6.22. The molecule has 188 valence electrons. The van der Waals surface area contributed by atoms with E-state index >= 15 is 0 Å². The van der Waals surface area contributed by atoms with Gasteiger partial charge in [0.2, 0.25) is 5.91 Å². The lowest BCUT2D eigenvalue weighted by Gasteiger charge is -2.56. The van der Waals surface area contributed by atoms with Crippen molar-refractivity contribution in [3.8, 4) is 0 Å². The first-order chi connectivity index (χ1) is 16.7. The third-order valence-corrected chi connectivity index (χ3v) is 8.54. The Labute approximate surface area is 206 Å². The number of pyridine rings is 1. The molecule has 2 saturated carbocycles. The summed E-state index contributed by atoms with van der Waals surface area (Å²) < 4.78 is 13.6. The molecule has 0 spiro atoms. The molecule has 0 radical (unpaired) electrons. The van der Waals surface area contributed by atoms with Crippen LogP contribution in [0.15, 0.2) is 48.8 Å². The van der Waals surface area contributed by atoms with Crippen LogP contribution in [0.5, 0.6) is 0 Å². The van der Waals surface area contributed by atoms with Gasteiger partial charge in [-0.25, -0.2) is 4.39 Å². The zero-order valence-electron chi connectivity index (χ0n) is 20.7. The highest BCUT2D eigenvalue weighted by Crippen LogP contribution is 2.55. The van der Waals surface area contributed by atoms with Crippen molar-refractivity contribution in [3.63, 3.8) is 0 Å². The third-order valence-electron chi connectivity index (χ3n) is 8.54. The third kappa shape index (κ3) is 5.40. The zero-order valence-corrected chi connectivity index (χ0v) is 20.7. The first-order valence-corrected chi connectivity index (χ1v) is 12.6. The van der Waals surface area contributed by atoms with Crippen molar-refractivity contribution in [1.82, 2.24) is 15.6 Å². The summed E-state index contributed by atoms with van der Waals surface area (Å²) in [7, 11) is 0. The van der Waals surface area contributed by atoms with E-state index in [1.54, 1.807) is 18.5 Å². The summed E-state index contributed by atoms with van der Waals surface area (Å²) in [6.45, 7) is 6.61. The molecule has 1 aromatic carbocycles. The Morgan fingerprint density at radius 3 is 2.71 bits per heavy atom. The number of benzene rings is 1. The number of nitrogens with one attached hydrogen (secondary N) is 2. The van der Waals surface area contributed by atoms with Crippen LogP contribution in [0.2, 0.25) is 0 Å². The van der Waals surface area contributed by atoms with Crippen LogP contribution >= 0.6 is 0 Å². The molecule has 6 nitrogen and oxygen atoms in total. The second-order valence-corrected chi connectivity index (χ2v) is 10.7. The van der Waals surface area contributed by atoms with E-state index in [1.165, 1.54) is 18.2 Å². The molecule has 7 atom stereocenters. The quantitative estimate of drug-likeness (QED) is 0.580. The molecular formula is C28H36FN3O3. The van der Waals surface area contributed by atoms with E-state index in [9.17, 15) is 19.1 Å². The average Bonchev–Trinajstić information content (AvgIpc) is 2.84. The minimum absolute atomic E-state index is 0.0229. The predicted octanol–water partition coefficient (Wildman–Crippen LogP) is 4.09. The fourth-order valence-corrected chi connectivity index (χ4v) is 6.43. The number of carbonyl (C=O) groups excluding carboxylic acids is 2. The van der Waals surface area contributed by atoms with Gasteiger partial charge in [-0.1, -0.05) is 32.9 Å². The van der Waals surface area contributed by atoms with Crippen LogP contribution in [-0.4, -0.2) is 34.1 Å². The van der Waals surface area contributed by atoms with E-state index in [2.05, 4.69) is 29.5 Å². The first kappa shape index (κ1) is 25.3. The molecule has 2 aliphatic carbocycles. The molecular weight excluding hydrogens is 445 g/mol. The van der Waals surface area contributed by atoms with E-state index in [4.69, 9.17) is 0 Å². The van der Waals surface area contributed by atoms with Crippen molar-refractivity contribution in [2.24, 2.45) is 29.1 Å². The Morgan fingerprint density at radius 2 is 2.00 bits per heavy atom. The Kier molecular flexibility index (Phi) is 7.55. The van der Waals surface area contributed by atoms with Gasteiger partial charge in [-0.15, -0.1) is 0 Å². The number of hydrogen-bond acceptors (Lipinski definition) is 4. The summed E-state index contributed by atoms with van der Waals surface area (Å²) in [5.41, 5.74) is 1.19. The summed E-state index contributed by atoms with van der Waals surface area (Å²) in [4.78, 5) is 29.8. The van der Waals surface area contributed by atoms with Crippen molar-refractivity contribution >= 4 is 11.8 Å². The number of rotatable bonds is 6. The molecule has 0 saturated heterocycles. The van der Waals surface area contributed by atoms with E-state index in [-0.39, 0.29) is 46.9 Å². The van der Waals surface area contributed by atoms with Gasteiger partial charge in [0.05, 0.1) is 6.10 Å². The summed E-state index contributed by atoms with van der Waals surface area (Å²) in [6, 6.07) is 9.33. The minimum atomic E-state index is -0.642. The van der Waals surface area contributed by atoms with E-state index in [0.29, 0.717) is 12.1 Å². The minimum Gasteiger partial charge on any atom is -0.392 e. The van der Waals surface area contributed by atoms with Crippen molar-refractivity contribution in [2.75, 3.05) is 0 Å². The van der Waals surface area contributed by atoms with Gasteiger partial charge in [-0.2, -0.15) is 0 Å². The van der Waals surface area contributed by atoms with Gasteiger partial charge < -0.3 is 15.7 Å². The maximum Gasteiger partial charge on any atom is 0.251 e. The summed E-state index contributed by atoms with van der Waals surface area (Å²) in [5, 5.41) is 17.6. The molecule has 3 N–H and O–H groups in total. The normalized spacial score (nSPS) is 31.2. The van der Waals surface area contributed by atoms with Crippen LogP contribution in [0, 0.1) is 34.9 Å². The zero-order chi connectivity index (χ0) is 25.2. The highest BCUT2D eigenvalue weighted by atomic mass is 19.1. The second kappa shape index (κ2) is 10.4. The highest BCUT2D eigenvalue weighted by molar-refractivity contribution is 5.94. The van der Waals surface area contributed by atoms with E-state index in [0.717, 1.165) is 31.2 Å². The first-order valence-electron chi connectivity index (χ1n) is 12.6. The van der Waals surface area contributed by atoms with Gasteiger partial charge in [0.1, 0.15) is 5.82 Å². The molecule has 1 heterocycles. The van der Waals surface area contributed by atoms with Crippen LogP contribution in [-0.2, 0) is 11.3 Å². The molecule has 4 rings (SSSR count). The Hall–Kier alpha value is -2.80. The number of aliphatic hydroxyl groups is 1. The van der Waals surface area contributed by atoms with Crippen LogP contribution < -0.4 is 10.6 Å². The van der Waals surface area contributed by atoms with Crippen molar-refractivity contribution < 1.29 is 19.1 Å². The number of aliphatic hydroxyl groups excluding tert-OH is 1. The molecule has 0 bridgehead atoms. The topological polar surface area (TPSA) is 91.3 Å². The van der Waals surface area contributed by atoms with Gasteiger partial charge in [-0.3, -0.25) is 14.6 Å². The standard InChI is InChI=1S/C28H36FN3O3/c1-17(26(34)31-16-19-6-5-13-30-15-19)22-9-11-28(3)12-10-23(18(2)24(28)25(22)33)32-27(35)20-7-4-8-21(29)14-20/h4-8,13-15,17-18,22-25,33H,9-12,16H2,1-3H3,(H,31,34)(H,32,35)/t17-,18-,22-,23-,24+,25-,28+/m0/s1. The van der Waals surface area contributed by atoms with Crippen molar-refractivity contribution in [3.05, 3.63) is 65.7 Å². The summed E-state index contributed by atoms with van der Waals surface area (Å²) >= 11 is 0. The molecule has 2 fully saturated rings. The maximum atomic E-state index is 13.6. The molecule has 2 aliphatic rings. The Bertz CT molecular complexity index is 1050. The van der Waals surface area contributed by atoms with Gasteiger partial charge in [-0.05, 0) is 78.7 Å². The van der Waals surface area contributed by atoms with Gasteiger partial charge in [0, 0.05) is 36.5 Å². The van der Waals surface area contributed by atoms with E-state index < -0.39 is 11.9 Å². The van der Waals surface area contributed by atoms with Gasteiger partial charge >= 0.3 is 0 Å². The second-order valence-electron chi connectivity index (χ2n) is 10.7. The number of fused-ring (bicyclic) bond motifs is 1.